The Morgan fingerprint density at radius 2 is 2.13 bits per heavy atom. The number of nitrogens with zero attached hydrogens (tertiary/aromatic N) is 2. The molecule has 9 heteroatoms. The number of aromatic carboxylic acids is 1. The van der Waals surface area contributed by atoms with Crippen molar-refractivity contribution in [3.8, 4) is 0 Å². The Labute approximate surface area is 134 Å². The topological polar surface area (TPSA) is 110 Å². The summed E-state index contributed by atoms with van der Waals surface area (Å²) < 4.78 is 36.1. The third-order valence-electron chi connectivity index (χ3n) is 4.71. The number of carboxylic acid groups (broad SMARTS) is 1. The van der Waals surface area contributed by atoms with Crippen LogP contribution in [0.2, 0.25) is 0 Å². The van der Waals surface area contributed by atoms with Gasteiger partial charge in [0.15, 0.2) is 0 Å². The van der Waals surface area contributed by atoms with E-state index in [-0.39, 0.29) is 18.3 Å². The summed E-state index contributed by atoms with van der Waals surface area (Å²) >= 11 is 0. The van der Waals surface area contributed by atoms with Gasteiger partial charge in [0.2, 0.25) is 15.8 Å². The van der Waals surface area contributed by atoms with E-state index in [4.69, 9.17) is 14.4 Å². The lowest BCUT2D eigenvalue weighted by Crippen LogP contribution is -2.45. The van der Waals surface area contributed by atoms with Gasteiger partial charge < -0.3 is 14.4 Å². The number of rotatable bonds is 6. The fourth-order valence-corrected chi connectivity index (χ4v) is 5.25. The average molecular weight is 344 g/mol. The van der Waals surface area contributed by atoms with Crippen molar-refractivity contribution in [2.45, 2.75) is 36.3 Å². The Hall–Kier alpha value is -1.45. The lowest BCUT2D eigenvalue weighted by molar-refractivity contribution is 0.0651. The third-order valence-corrected chi connectivity index (χ3v) is 7.38. The van der Waals surface area contributed by atoms with Gasteiger partial charge in [0, 0.05) is 32.2 Å². The Bertz CT molecular complexity index is 686. The highest BCUT2D eigenvalue weighted by Crippen LogP contribution is 2.46. The number of methoxy groups -OCH3 is 1. The number of carbonyl (C=O) groups is 1. The smallest absolute Gasteiger partial charge is 0.374 e. The highest BCUT2D eigenvalue weighted by molar-refractivity contribution is 7.90. The van der Waals surface area contributed by atoms with Crippen LogP contribution < -0.4 is 0 Å². The highest BCUT2D eigenvalue weighted by atomic mass is 32.2. The van der Waals surface area contributed by atoms with Crippen LogP contribution in [0.4, 0.5) is 0 Å². The van der Waals surface area contributed by atoms with E-state index >= 15 is 0 Å². The maximum Gasteiger partial charge on any atom is 0.374 e. The maximum absolute atomic E-state index is 12.7. The fourth-order valence-electron chi connectivity index (χ4n) is 3.13. The van der Waals surface area contributed by atoms with Crippen molar-refractivity contribution >= 4 is 16.0 Å². The summed E-state index contributed by atoms with van der Waals surface area (Å²) in [5.74, 6) is -1.32. The van der Waals surface area contributed by atoms with Crippen molar-refractivity contribution in [3.63, 3.8) is 0 Å². The summed E-state index contributed by atoms with van der Waals surface area (Å²) in [7, 11) is -1.84. The minimum atomic E-state index is -3.36. The second-order valence-electron chi connectivity index (χ2n) is 6.22. The first-order valence-corrected chi connectivity index (χ1v) is 9.02. The monoisotopic (exact) mass is 344 g/mol. The first-order valence-electron chi connectivity index (χ1n) is 7.58. The predicted octanol–water partition coefficient (Wildman–Crippen LogP) is 1.06. The standard InChI is InChI=1S/C14H20N2O6S/c1-21-9-14(4-5-14)23(19,20)16-6-2-10(3-7-16)11-8-12(13(17)18)22-15-11/h8,10H,2-7,9H2,1H3,(H,17,18). The van der Waals surface area contributed by atoms with Gasteiger partial charge in [-0.1, -0.05) is 5.16 Å². The van der Waals surface area contributed by atoms with Gasteiger partial charge in [0.1, 0.15) is 4.75 Å². The minimum Gasteiger partial charge on any atom is -0.475 e. The Balaban J connectivity index is 1.65. The first kappa shape index (κ1) is 16.4. The number of sulfonamides is 1. The molecular formula is C14H20N2O6S. The molecule has 1 saturated heterocycles. The van der Waals surface area contributed by atoms with Gasteiger partial charge in [-0.2, -0.15) is 0 Å². The fraction of sp³-hybridized carbons (Fsp3) is 0.714. The van der Waals surface area contributed by atoms with Gasteiger partial charge in [-0.25, -0.2) is 17.5 Å². The molecule has 3 rings (SSSR count). The summed E-state index contributed by atoms with van der Waals surface area (Å²) in [4.78, 5) is 10.8. The van der Waals surface area contributed by atoms with Crippen molar-refractivity contribution in [2.75, 3.05) is 26.8 Å². The van der Waals surface area contributed by atoms with Crippen LogP contribution in [0.5, 0.6) is 0 Å². The molecule has 2 aliphatic rings. The van der Waals surface area contributed by atoms with Gasteiger partial charge in [0.05, 0.1) is 12.3 Å². The quantitative estimate of drug-likeness (QED) is 0.821. The van der Waals surface area contributed by atoms with E-state index in [1.54, 1.807) is 0 Å². The zero-order valence-electron chi connectivity index (χ0n) is 12.9. The number of carboxylic acids is 1. The first-order chi connectivity index (χ1) is 10.9. The summed E-state index contributed by atoms with van der Waals surface area (Å²) in [5.41, 5.74) is 0.581. The summed E-state index contributed by atoms with van der Waals surface area (Å²) in [5, 5.41) is 12.7. The van der Waals surface area contributed by atoms with Crippen LogP contribution in [-0.4, -0.2) is 60.5 Å². The van der Waals surface area contributed by atoms with Gasteiger partial charge in [-0.15, -0.1) is 0 Å². The lowest BCUT2D eigenvalue weighted by Gasteiger charge is -2.33. The molecule has 1 N–H and O–H groups in total. The molecule has 2 fully saturated rings. The van der Waals surface area contributed by atoms with Crippen LogP contribution >= 0.6 is 0 Å². The number of aromatic nitrogens is 1. The minimum absolute atomic E-state index is 0.0240. The number of hydrogen-bond donors (Lipinski definition) is 1. The molecule has 23 heavy (non-hydrogen) atoms. The molecule has 1 aromatic rings. The molecule has 1 aliphatic heterocycles. The maximum atomic E-state index is 12.7. The van der Waals surface area contributed by atoms with Crippen molar-refractivity contribution in [2.24, 2.45) is 0 Å². The van der Waals surface area contributed by atoms with E-state index in [0.717, 1.165) is 0 Å². The SMILES string of the molecule is COCC1(S(=O)(=O)N2CCC(c3cc(C(=O)O)on3)CC2)CC1. The van der Waals surface area contributed by atoms with Crippen molar-refractivity contribution < 1.29 is 27.6 Å². The molecule has 8 nitrogen and oxygen atoms in total. The molecule has 1 aliphatic carbocycles. The van der Waals surface area contributed by atoms with Gasteiger partial charge >= 0.3 is 5.97 Å². The van der Waals surface area contributed by atoms with Crippen LogP contribution in [-0.2, 0) is 14.8 Å². The third kappa shape index (κ3) is 2.88. The van der Waals surface area contributed by atoms with E-state index in [9.17, 15) is 13.2 Å². The second-order valence-corrected chi connectivity index (χ2v) is 8.55. The lowest BCUT2D eigenvalue weighted by atomic mass is 9.94. The van der Waals surface area contributed by atoms with Crippen LogP contribution in [0.25, 0.3) is 0 Å². The molecule has 128 valence electrons. The second kappa shape index (κ2) is 5.88. The largest absolute Gasteiger partial charge is 0.475 e. The summed E-state index contributed by atoms with van der Waals surface area (Å²) in [6.45, 7) is 1.06. The van der Waals surface area contributed by atoms with E-state index < -0.39 is 20.7 Å². The average Bonchev–Trinajstić information content (AvgIpc) is 3.15. The molecule has 0 aromatic carbocycles. The zero-order chi connectivity index (χ0) is 16.7. The highest BCUT2D eigenvalue weighted by Gasteiger charge is 2.57. The van der Waals surface area contributed by atoms with Gasteiger partial charge in [-0.05, 0) is 25.7 Å². The van der Waals surface area contributed by atoms with E-state index in [1.165, 1.54) is 17.5 Å². The van der Waals surface area contributed by atoms with Crippen molar-refractivity contribution in [3.05, 3.63) is 17.5 Å². The van der Waals surface area contributed by atoms with Crippen LogP contribution in [0.15, 0.2) is 10.6 Å². The molecule has 0 amide bonds. The molecule has 0 spiro atoms. The van der Waals surface area contributed by atoms with Gasteiger partial charge in [-0.3, -0.25) is 0 Å². The van der Waals surface area contributed by atoms with Crippen LogP contribution in [0.3, 0.4) is 0 Å². The van der Waals surface area contributed by atoms with Crippen molar-refractivity contribution in [1.29, 1.82) is 0 Å². The zero-order valence-corrected chi connectivity index (χ0v) is 13.7. The Kier molecular flexibility index (Phi) is 4.19. The number of piperidine rings is 1. The molecular weight excluding hydrogens is 324 g/mol. The van der Waals surface area contributed by atoms with E-state index in [2.05, 4.69) is 5.16 Å². The molecule has 2 heterocycles. The van der Waals surface area contributed by atoms with E-state index in [0.29, 0.717) is 44.5 Å². The van der Waals surface area contributed by atoms with Crippen molar-refractivity contribution in [1.82, 2.24) is 9.46 Å². The number of ether oxygens (including phenoxy) is 1. The van der Waals surface area contributed by atoms with Crippen LogP contribution in [0, 0.1) is 0 Å². The molecule has 0 radical (unpaired) electrons. The molecule has 1 saturated carbocycles. The Morgan fingerprint density at radius 1 is 1.48 bits per heavy atom. The molecule has 0 unspecified atom stereocenters. The van der Waals surface area contributed by atoms with Crippen LogP contribution in [0.1, 0.15) is 47.8 Å². The predicted molar refractivity (Wildman–Crippen MR) is 79.8 cm³/mol. The molecule has 0 atom stereocenters. The Morgan fingerprint density at radius 3 is 2.61 bits per heavy atom. The molecule has 0 bridgehead atoms. The number of hydrogen-bond acceptors (Lipinski definition) is 6. The normalized spacial score (nSPS) is 22.1. The summed E-state index contributed by atoms with van der Waals surface area (Å²) in [6.07, 6.45) is 2.50. The van der Waals surface area contributed by atoms with E-state index in [1.807, 2.05) is 0 Å². The summed E-state index contributed by atoms with van der Waals surface area (Å²) in [6, 6.07) is 1.42. The van der Waals surface area contributed by atoms with Gasteiger partial charge in [0.25, 0.3) is 0 Å². The molecule has 1 aromatic heterocycles.